The van der Waals surface area contributed by atoms with Crippen LogP contribution in [0.1, 0.15) is 31.2 Å². The van der Waals surface area contributed by atoms with Gasteiger partial charge in [-0.15, -0.1) is 0 Å². The summed E-state index contributed by atoms with van der Waals surface area (Å²) in [5.41, 5.74) is 2.20. The molecule has 16 heavy (non-hydrogen) atoms. The Morgan fingerprint density at radius 2 is 1.94 bits per heavy atom. The SMILES string of the molecule is COC1=N/C(c2ccccc2)=C\CCCC1. The molecule has 0 atom stereocenters. The molecule has 84 valence electrons. The van der Waals surface area contributed by atoms with Crippen LogP contribution < -0.4 is 0 Å². The van der Waals surface area contributed by atoms with Crippen LogP contribution in [0.4, 0.5) is 0 Å². The maximum atomic E-state index is 5.29. The van der Waals surface area contributed by atoms with Crippen LogP contribution in [0.5, 0.6) is 0 Å². The van der Waals surface area contributed by atoms with Crippen LogP contribution in [0.3, 0.4) is 0 Å². The number of allylic oxidation sites excluding steroid dienone is 1. The van der Waals surface area contributed by atoms with Crippen LogP contribution in [0, 0.1) is 0 Å². The fourth-order valence-electron chi connectivity index (χ4n) is 1.83. The summed E-state index contributed by atoms with van der Waals surface area (Å²) in [6, 6.07) is 10.3. The lowest BCUT2D eigenvalue weighted by atomic mass is 10.1. The van der Waals surface area contributed by atoms with E-state index in [1.165, 1.54) is 12.0 Å². The zero-order valence-corrected chi connectivity index (χ0v) is 9.65. The van der Waals surface area contributed by atoms with Crippen molar-refractivity contribution < 1.29 is 4.74 Å². The van der Waals surface area contributed by atoms with E-state index in [-0.39, 0.29) is 0 Å². The Labute approximate surface area is 96.7 Å². The lowest BCUT2D eigenvalue weighted by molar-refractivity contribution is 0.387. The molecule has 2 heteroatoms. The first-order chi connectivity index (χ1) is 7.90. The molecule has 1 aliphatic heterocycles. The Kier molecular flexibility index (Phi) is 3.76. The first kappa shape index (κ1) is 10.9. The molecule has 0 N–H and O–H groups in total. The minimum absolute atomic E-state index is 0.842. The van der Waals surface area contributed by atoms with Crippen molar-refractivity contribution in [2.75, 3.05) is 7.11 Å². The Balaban J connectivity index is 2.30. The van der Waals surface area contributed by atoms with Crippen LogP contribution in [-0.4, -0.2) is 13.0 Å². The van der Waals surface area contributed by atoms with Gasteiger partial charge in [0.1, 0.15) is 0 Å². The van der Waals surface area contributed by atoms with Crippen molar-refractivity contribution in [3.8, 4) is 0 Å². The first-order valence-corrected chi connectivity index (χ1v) is 5.77. The maximum Gasteiger partial charge on any atom is 0.188 e. The third-order valence-corrected chi connectivity index (χ3v) is 2.73. The van der Waals surface area contributed by atoms with Crippen molar-refractivity contribution in [1.29, 1.82) is 0 Å². The third kappa shape index (κ3) is 2.72. The van der Waals surface area contributed by atoms with Gasteiger partial charge >= 0.3 is 0 Å². The second kappa shape index (κ2) is 5.50. The Morgan fingerprint density at radius 3 is 2.69 bits per heavy atom. The summed E-state index contributed by atoms with van der Waals surface area (Å²) in [5.74, 6) is 0.842. The van der Waals surface area contributed by atoms with E-state index >= 15 is 0 Å². The van der Waals surface area contributed by atoms with Crippen molar-refractivity contribution in [3.63, 3.8) is 0 Å². The lowest BCUT2D eigenvalue weighted by Gasteiger charge is -2.10. The molecule has 1 aliphatic rings. The van der Waals surface area contributed by atoms with E-state index in [0.29, 0.717) is 0 Å². The molecule has 0 aliphatic carbocycles. The van der Waals surface area contributed by atoms with E-state index in [4.69, 9.17) is 4.74 Å². The highest BCUT2D eigenvalue weighted by molar-refractivity contribution is 5.83. The molecule has 2 rings (SSSR count). The van der Waals surface area contributed by atoms with Crippen LogP contribution >= 0.6 is 0 Å². The summed E-state index contributed by atoms with van der Waals surface area (Å²) in [6.07, 6.45) is 6.61. The van der Waals surface area contributed by atoms with Gasteiger partial charge in [-0.3, -0.25) is 0 Å². The van der Waals surface area contributed by atoms with E-state index in [9.17, 15) is 0 Å². The van der Waals surface area contributed by atoms with Crippen LogP contribution in [0.25, 0.3) is 5.70 Å². The van der Waals surface area contributed by atoms with Gasteiger partial charge < -0.3 is 4.74 Å². The van der Waals surface area contributed by atoms with Gasteiger partial charge in [-0.25, -0.2) is 4.99 Å². The van der Waals surface area contributed by atoms with Crippen molar-refractivity contribution >= 4 is 11.6 Å². The number of hydrogen-bond acceptors (Lipinski definition) is 2. The highest BCUT2D eigenvalue weighted by atomic mass is 16.5. The molecular formula is C14H17NO. The zero-order valence-electron chi connectivity index (χ0n) is 9.65. The van der Waals surface area contributed by atoms with E-state index in [2.05, 4.69) is 23.2 Å². The molecule has 0 amide bonds. The molecule has 0 spiro atoms. The monoisotopic (exact) mass is 215 g/mol. The number of methoxy groups -OCH3 is 1. The Hall–Kier alpha value is -1.57. The maximum absolute atomic E-state index is 5.29. The smallest absolute Gasteiger partial charge is 0.188 e. The molecule has 0 bridgehead atoms. The van der Waals surface area contributed by atoms with Crippen molar-refractivity contribution in [3.05, 3.63) is 42.0 Å². The Morgan fingerprint density at radius 1 is 1.12 bits per heavy atom. The minimum Gasteiger partial charge on any atom is -0.484 e. The largest absolute Gasteiger partial charge is 0.484 e. The van der Waals surface area contributed by atoms with Crippen molar-refractivity contribution in [1.82, 2.24) is 0 Å². The van der Waals surface area contributed by atoms with E-state index in [1.807, 2.05) is 18.2 Å². The summed E-state index contributed by atoms with van der Waals surface area (Å²) in [6.45, 7) is 0. The van der Waals surface area contributed by atoms with E-state index < -0.39 is 0 Å². The van der Waals surface area contributed by atoms with Crippen LogP contribution in [0.2, 0.25) is 0 Å². The van der Waals surface area contributed by atoms with Gasteiger partial charge in [-0.05, 0) is 24.8 Å². The van der Waals surface area contributed by atoms with Gasteiger partial charge in [0.05, 0.1) is 12.8 Å². The molecule has 1 aromatic rings. The predicted octanol–water partition coefficient (Wildman–Crippen LogP) is 3.65. The second-order valence-electron chi connectivity index (χ2n) is 3.91. The number of rotatable bonds is 1. The molecule has 0 saturated heterocycles. The fourth-order valence-corrected chi connectivity index (χ4v) is 1.83. The summed E-state index contributed by atoms with van der Waals surface area (Å²) in [5, 5.41) is 0. The standard InChI is InChI=1S/C14H17NO/c1-16-14-11-7-3-6-10-13(15-14)12-8-4-2-5-9-12/h2,4-5,8-10H,3,6-7,11H2,1H3/b13-10-,15-14?. The van der Waals surface area contributed by atoms with Gasteiger partial charge in [0.2, 0.25) is 0 Å². The topological polar surface area (TPSA) is 21.6 Å². The van der Waals surface area contributed by atoms with Crippen LogP contribution in [0.15, 0.2) is 41.4 Å². The number of nitrogens with zero attached hydrogens (tertiary/aromatic N) is 1. The number of ether oxygens (including phenoxy) is 1. The molecule has 0 unspecified atom stereocenters. The number of aliphatic imine (C=N–C) groups is 1. The average Bonchev–Trinajstić information content (AvgIpc) is 2.30. The molecule has 0 aromatic heterocycles. The normalized spacial score (nSPS) is 20.1. The molecule has 0 fully saturated rings. The minimum atomic E-state index is 0.842. The molecule has 1 aromatic carbocycles. The van der Waals surface area contributed by atoms with Gasteiger partial charge in [-0.2, -0.15) is 0 Å². The summed E-state index contributed by atoms with van der Waals surface area (Å²) >= 11 is 0. The average molecular weight is 215 g/mol. The number of hydrogen-bond donors (Lipinski definition) is 0. The predicted molar refractivity (Wildman–Crippen MR) is 67.3 cm³/mol. The van der Waals surface area contributed by atoms with Crippen molar-refractivity contribution in [2.45, 2.75) is 25.7 Å². The van der Waals surface area contributed by atoms with Gasteiger partial charge in [0.15, 0.2) is 5.90 Å². The highest BCUT2D eigenvalue weighted by Crippen LogP contribution is 2.20. The number of benzene rings is 1. The second-order valence-corrected chi connectivity index (χ2v) is 3.91. The summed E-state index contributed by atoms with van der Waals surface area (Å²) in [7, 11) is 1.70. The van der Waals surface area contributed by atoms with E-state index in [0.717, 1.165) is 30.9 Å². The summed E-state index contributed by atoms with van der Waals surface area (Å²) < 4.78 is 5.29. The summed E-state index contributed by atoms with van der Waals surface area (Å²) in [4.78, 5) is 4.58. The quantitative estimate of drug-likeness (QED) is 0.700. The Bertz CT molecular complexity index is 392. The van der Waals surface area contributed by atoms with Crippen molar-refractivity contribution in [2.24, 2.45) is 4.99 Å². The van der Waals surface area contributed by atoms with E-state index in [1.54, 1.807) is 7.11 Å². The lowest BCUT2D eigenvalue weighted by Crippen LogP contribution is -2.03. The molecular weight excluding hydrogens is 198 g/mol. The highest BCUT2D eigenvalue weighted by Gasteiger charge is 2.06. The van der Waals surface area contributed by atoms with Gasteiger partial charge in [-0.1, -0.05) is 36.4 Å². The molecule has 1 heterocycles. The zero-order chi connectivity index (χ0) is 11.2. The first-order valence-electron chi connectivity index (χ1n) is 5.77. The fraction of sp³-hybridized carbons (Fsp3) is 0.357. The van der Waals surface area contributed by atoms with Gasteiger partial charge in [0, 0.05) is 6.42 Å². The van der Waals surface area contributed by atoms with Crippen LogP contribution in [-0.2, 0) is 4.74 Å². The van der Waals surface area contributed by atoms with Gasteiger partial charge in [0.25, 0.3) is 0 Å². The molecule has 2 nitrogen and oxygen atoms in total. The third-order valence-electron chi connectivity index (χ3n) is 2.73. The molecule has 0 radical (unpaired) electrons. The molecule has 0 saturated carbocycles.